The van der Waals surface area contributed by atoms with Crippen molar-refractivity contribution in [2.24, 2.45) is 0 Å². The molecule has 4 heteroatoms. The van der Waals surface area contributed by atoms with E-state index in [0.29, 0.717) is 0 Å². The molecule has 122 valence electrons. The van der Waals surface area contributed by atoms with Crippen LogP contribution in [0.3, 0.4) is 0 Å². The monoisotopic (exact) mass is 353 g/mol. The molecule has 0 spiro atoms. The number of anilines is 1. The molecule has 0 saturated heterocycles. The average molecular weight is 354 g/mol. The van der Waals surface area contributed by atoms with E-state index in [2.05, 4.69) is 35.1 Å². The lowest BCUT2D eigenvalue weighted by Gasteiger charge is -2.10. The molecule has 1 amide bonds. The molecule has 0 aliphatic heterocycles. The van der Waals surface area contributed by atoms with E-state index in [1.165, 1.54) is 11.1 Å². The van der Waals surface area contributed by atoms with Crippen LogP contribution in [0.1, 0.15) is 28.4 Å². The van der Waals surface area contributed by atoms with Gasteiger partial charge in [-0.3, -0.25) is 4.79 Å². The highest BCUT2D eigenvalue weighted by atomic mass is 32.2. The molecular formula is C20H19NOS2. The Kier molecular flexibility index (Phi) is 5.72. The van der Waals surface area contributed by atoms with Crippen LogP contribution >= 0.6 is 23.1 Å². The van der Waals surface area contributed by atoms with Gasteiger partial charge in [-0.1, -0.05) is 31.2 Å². The van der Waals surface area contributed by atoms with E-state index in [9.17, 15) is 4.79 Å². The van der Waals surface area contributed by atoms with Crippen molar-refractivity contribution in [2.75, 3.05) is 5.32 Å². The van der Waals surface area contributed by atoms with Gasteiger partial charge in [-0.25, -0.2) is 0 Å². The highest BCUT2D eigenvalue weighted by molar-refractivity contribution is 7.98. The summed E-state index contributed by atoms with van der Waals surface area (Å²) in [7, 11) is 0. The smallest absolute Gasteiger partial charge is 0.256 e. The molecule has 0 saturated carbocycles. The molecule has 24 heavy (non-hydrogen) atoms. The number of nitrogens with one attached hydrogen (secondary N) is 1. The number of hydrogen-bond acceptors (Lipinski definition) is 3. The van der Waals surface area contributed by atoms with Gasteiger partial charge in [0, 0.05) is 16.3 Å². The zero-order valence-electron chi connectivity index (χ0n) is 13.5. The molecule has 0 aliphatic carbocycles. The third-order valence-electron chi connectivity index (χ3n) is 3.70. The quantitative estimate of drug-likeness (QED) is 0.563. The van der Waals surface area contributed by atoms with Crippen LogP contribution in [-0.2, 0) is 12.2 Å². The van der Waals surface area contributed by atoms with Gasteiger partial charge in [-0.2, -0.15) is 11.3 Å². The summed E-state index contributed by atoms with van der Waals surface area (Å²) >= 11 is 3.39. The predicted octanol–water partition coefficient (Wildman–Crippen LogP) is 5.86. The van der Waals surface area contributed by atoms with Crippen molar-refractivity contribution in [1.82, 2.24) is 0 Å². The van der Waals surface area contributed by atoms with Crippen LogP contribution in [0, 0.1) is 0 Å². The first-order chi connectivity index (χ1) is 11.8. The highest BCUT2D eigenvalue weighted by Crippen LogP contribution is 2.27. The third-order valence-corrected chi connectivity index (χ3v) is 5.58. The molecule has 2 nitrogen and oxygen atoms in total. The Morgan fingerprint density at radius 2 is 1.96 bits per heavy atom. The number of carbonyl (C=O) groups is 1. The van der Waals surface area contributed by atoms with E-state index in [-0.39, 0.29) is 5.91 Å². The fourth-order valence-corrected chi connectivity index (χ4v) is 4.15. The van der Waals surface area contributed by atoms with Crippen molar-refractivity contribution in [1.29, 1.82) is 0 Å². The molecule has 3 aromatic rings. The van der Waals surface area contributed by atoms with Crippen LogP contribution < -0.4 is 5.32 Å². The molecule has 0 aliphatic rings. The third kappa shape index (κ3) is 4.28. The van der Waals surface area contributed by atoms with Gasteiger partial charge in [0.05, 0.1) is 5.56 Å². The van der Waals surface area contributed by atoms with E-state index >= 15 is 0 Å². The Labute approximate surface area is 150 Å². The Hall–Kier alpha value is -2.04. The Morgan fingerprint density at radius 3 is 2.75 bits per heavy atom. The van der Waals surface area contributed by atoms with Crippen molar-refractivity contribution in [3.05, 3.63) is 82.0 Å². The summed E-state index contributed by atoms with van der Waals surface area (Å²) in [5, 5.41) is 7.24. The van der Waals surface area contributed by atoms with Crippen molar-refractivity contribution in [2.45, 2.75) is 24.0 Å². The topological polar surface area (TPSA) is 29.1 Å². The van der Waals surface area contributed by atoms with E-state index < -0.39 is 0 Å². The average Bonchev–Trinajstić information content (AvgIpc) is 3.14. The second-order valence-electron chi connectivity index (χ2n) is 5.42. The van der Waals surface area contributed by atoms with Crippen LogP contribution in [0.4, 0.5) is 5.69 Å². The summed E-state index contributed by atoms with van der Waals surface area (Å²) in [6.07, 6.45) is 0.955. The van der Waals surface area contributed by atoms with Crippen molar-refractivity contribution < 1.29 is 4.79 Å². The van der Waals surface area contributed by atoms with Gasteiger partial charge < -0.3 is 5.32 Å². The standard InChI is InChI=1S/C20H19NOS2/c1-2-15-6-5-7-17(12-15)21-20(22)18-8-3-4-9-19(18)24-14-16-10-11-23-13-16/h3-13H,2,14H2,1H3,(H,21,22). The first kappa shape index (κ1) is 16.8. The van der Waals surface area contributed by atoms with Crippen LogP contribution in [0.5, 0.6) is 0 Å². The molecular weight excluding hydrogens is 334 g/mol. The predicted molar refractivity (Wildman–Crippen MR) is 104 cm³/mol. The van der Waals surface area contributed by atoms with Gasteiger partial charge in [0.2, 0.25) is 0 Å². The number of rotatable bonds is 6. The molecule has 0 unspecified atom stereocenters. The summed E-state index contributed by atoms with van der Waals surface area (Å²) in [4.78, 5) is 13.7. The normalized spacial score (nSPS) is 10.5. The summed E-state index contributed by atoms with van der Waals surface area (Å²) < 4.78 is 0. The van der Waals surface area contributed by atoms with E-state index in [0.717, 1.165) is 28.3 Å². The highest BCUT2D eigenvalue weighted by Gasteiger charge is 2.12. The first-order valence-corrected chi connectivity index (χ1v) is 9.82. The molecule has 0 bridgehead atoms. The number of amides is 1. The number of hydrogen-bond donors (Lipinski definition) is 1. The Balaban J connectivity index is 1.74. The molecule has 3 rings (SSSR count). The number of aryl methyl sites for hydroxylation is 1. The van der Waals surface area contributed by atoms with Crippen LogP contribution in [0.2, 0.25) is 0 Å². The minimum Gasteiger partial charge on any atom is -0.322 e. The van der Waals surface area contributed by atoms with Gasteiger partial charge in [0.15, 0.2) is 0 Å². The second-order valence-corrected chi connectivity index (χ2v) is 7.22. The Morgan fingerprint density at radius 1 is 1.08 bits per heavy atom. The summed E-state index contributed by atoms with van der Waals surface area (Å²) in [6.45, 7) is 2.11. The lowest BCUT2D eigenvalue weighted by Crippen LogP contribution is -2.13. The van der Waals surface area contributed by atoms with Crippen LogP contribution in [0.15, 0.2) is 70.3 Å². The molecule has 0 radical (unpaired) electrons. The van der Waals surface area contributed by atoms with Crippen molar-refractivity contribution in [3.8, 4) is 0 Å². The minimum atomic E-state index is -0.0586. The van der Waals surface area contributed by atoms with E-state index in [4.69, 9.17) is 0 Å². The molecule has 0 fully saturated rings. The lowest BCUT2D eigenvalue weighted by atomic mass is 10.1. The van der Waals surface area contributed by atoms with Crippen molar-refractivity contribution >= 4 is 34.7 Å². The number of thiophene rings is 1. The van der Waals surface area contributed by atoms with Gasteiger partial charge >= 0.3 is 0 Å². The second kappa shape index (κ2) is 8.18. The largest absolute Gasteiger partial charge is 0.322 e. The summed E-state index contributed by atoms with van der Waals surface area (Å²) in [5.74, 6) is 0.815. The van der Waals surface area contributed by atoms with Crippen LogP contribution in [0.25, 0.3) is 0 Å². The SMILES string of the molecule is CCc1cccc(NC(=O)c2ccccc2SCc2ccsc2)c1. The van der Waals surface area contributed by atoms with Crippen molar-refractivity contribution in [3.63, 3.8) is 0 Å². The van der Waals surface area contributed by atoms with Crippen LogP contribution in [-0.4, -0.2) is 5.91 Å². The number of thioether (sulfide) groups is 1. The lowest BCUT2D eigenvalue weighted by molar-refractivity contribution is 0.102. The van der Waals surface area contributed by atoms with Gasteiger partial charge in [0.25, 0.3) is 5.91 Å². The maximum Gasteiger partial charge on any atom is 0.256 e. The van der Waals surface area contributed by atoms with E-state index in [1.807, 2.05) is 42.5 Å². The fourth-order valence-electron chi connectivity index (χ4n) is 2.38. The van der Waals surface area contributed by atoms with Gasteiger partial charge in [-0.05, 0) is 58.6 Å². The molecule has 2 aromatic carbocycles. The summed E-state index contributed by atoms with van der Waals surface area (Å²) in [6, 6.07) is 17.9. The molecule has 1 heterocycles. The maximum absolute atomic E-state index is 12.7. The number of benzene rings is 2. The Bertz CT molecular complexity index is 812. The maximum atomic E-state index is 12.7. The molecule has 1 N–H and O–H groups in total. The zero-order valence-corrected chi connectivity index (χ0v) is 15.1. The molecule has 1 aromatic heterocycles. The minimum absolute atomic E-state index is 0.0586. The summed E-state index contributed by atoms with van der Waals surface area (Å²) in [5.41, 5.74) is 4.07. The first-order valence-electron chi connectivity index (χ1n) is 7.89. The molecule has 0 atom stereocenters. The van der Waals surface area contributed by atoms with E-state index in [1.54, 1.807) is 23.1 Å². The van der Waals surface area contributed by atoms with Gasteiger partial charge in [-0.15, -0.1) is 11.8 Å². The zero-order chi connectivity index (χ0) is 16.8. The van der Waals surface area contributed by atoms with Gasteiger partial charge in [0.1, 0.15) is 0 Å². The number of carbonyl (C=O) groups excluding carboxylic acids is 1. The fraction of sp³-hybridized carbons (Fsp3) is 0.150.